The molecular weight excluding hydrogens is 176 g/mol. The fourth-order valence-electron chi connectivity index (χ4n) is 1.46. The summed E-state index contributed by atoms with van der Waals surface area (Å²) in [7, 11) is 0. The summed E-state index contributed by atoms with van der Waals surface area (Å²) in [4.78, 5) is 11.3. The van der Waals surface area contributed by atoms with E-state index < -0.39 is 0 Å². The first-order valence-corrected chi connectivity index (χ1v) is 4.96. The fraction of sp³-hybridized carbons (Fsp3) is 0.417. The van der Waals surface area contributed by atoms with E-state index in [1.165, 1.54) is 0 Å². The van der Waals surface area contributed by atoms with Gasteiger partial charge in [0.05, 0.1) is 12.2 Å². The van der Waals surface area contributed by atoms with Crippen molar-refractivity contribution in [2.45, 2.75) is 27.2 Å². The summed E-state index contributed by atoms with van der Waals surface area (Å²) in [5, 5.41) is 0. The third kappa shape index (κ3) is 2.13. The van der Waals surface area contributed by atoms with Crippen LogP contribution in [0.3, 0.4) is 0 Å². The largest absolute Gasteiger partial charge is 0.493 e. The van der Waals surface area contributed by atoms with Crippen LogP contribution < -0.4 is 4.74 Å². The number of hydrogen-bond acceptors (Lipinski definition) is 2. The summed E-state index contributed by atoms with van der Waals surface area (Å²) >= 11 is 0. The van der Waals surface area contributed by atoms with Crippen molar-refractivity contribution in [3.05, 3.63) is 29.3 Å². The highest BCUT2D eigenvalue weighted by Crippen LogP contribution is 2.24. The standard InChI is InChI=1S/C12H16O2/c1-4-10-7-6-8-11(9(3)13)12(10)14-5-2/h6-8H,4-5H2,1-3H3. The third-order valence-corrected chi connectivity index (χ3v) is 2.15. The maximum absolute atomic E-state index is 11.3. The summed E-state index contributed by atoms with van der Waals surface area (Å²) in [5.74, 6) is 0.814. The molecule has 2 heteroatoms. The highest BCUT2D eigenvalue weighted by atomic mass is 16.5. The average Bonchev–Trinajstić information content (AvgIpc) is 2.18. The van der Waals surface area contributed by atoms with Gasteiger partial charge in [-0.3, -0.25) is 4.79 Å². The Morgan fingerprint density at radius 1 is 1.36 bits per heavy atom. The normalized spacial score (nSPS) is 9.93. The van der Waals surface area contributed by atoms with Gasteiger partial charge in [0.15, 0.2) is 5.78 Å². The van der Waals surface area contributed by atoms with Gasteiger partial charge in [-0.05, 0) is 31.9 Å². The van der Waals surface area contributed by atoms with Crippen molar-refractivity contribution < 1.29 is 9.53 Å². The van der Waals surface area contributed by atoms with Gasteiger partial charge in [0.25, 0.3) is 0 Å². The van der Waals surface area contributed by atoms with Gasteiger partial charge in [-0.2, -0.15) is 0 Å². The molecule has 14 heavy (non-hydrogen) atoms. The Hall–Kier alpha value is -1.31. The minimum Gasteiger partial charge on any atom is -0.493 e. The summed E-state index contributed by atoms with van der Waals surface area (Å²) in [6, 6.07) is 5.71. The first-order chi connectivity index (χ1) is 6.70. The Balaban J connectivity index is 3.20. The van der Waals surface area contributed by atoms with Crippen LogP contribution in [-0.4, -0.2) is 12.4 Å². The van der Waals surface area contributed by atoms with Crippen LogP contribution in [0.1, 0.15) is 36.7 Å². The minimum atomic E-state index is 0.0590. The van der Waals surface area contributed by atoms with Crippen molar-refractivity contribution in [2.24, 2.45) is 0 Å². The zero-order valence-electron chi connectivity index (χ0n) is 8.96. The molecule has 0 N–H and O–H groups in total. The molecule has 0 saturated carbocycles. The number of para-hydroxylation sites is 1. The van der Waals surface area contributed by atoms with Crippen molar-refractivity contribution >= 4 is 5.78 Å². The van der Waals surface area contributed by atoms with Gasteiger partial charge < -0.3 is 4.74 Å². The van der Waals surface area contributed by atoms with Gasteiger partial charge in [-0.1, -0.05) is 19.1 Å². The Bertz CT molecular complexity index is 329. The molecule has 0 amide bonds. The minimum absolute atomic E-state index is 0.0590. The molecule has 0 unspecified atom stereocenters. The van der Waals surface area contributed by atoms with Crippen molar-refractivity contribution in [3.63, 3.8) is 0 Å². The second kappa shape index (κ2) is 4.80. The molecule has 1 aromatic carbocycles. The van der Waals surface area contributed by atoms with Gasteiger partial charge in [-0.25, -0.2) is 0 Å². The van der Waals surface area contributed by atoms with Crippen LogP contribution in [0.4, 0.5) is 0 Å². The smallest absolute Gasteiger partial charge is 0.163 e. The van der Waals surface area contributed by atoms with Crippen LogP contribution >= 0.6 is 0 Å². The zero-order chi connectivity index (χ0) is 10.6. The van der Waals surface area contributed by atoms with Crippen molar-refractivity contribution in [1.82, 2.24) is 0 Å². The predicted octanol–water partition coefficient (Wildman–Crippen LogP) is 2.85. The number of rotatable bonds is 4. The number of ketones is 1. The average molecular weight is 192 g/mol. The molecule has 0 aliphatic carbocycles. The number of Topliss-reactive ketones (excluding diaryl/α,β-unsaturated/α-hetero) is 1. The number of carbonyl (C=O) groups excluding carboxylic acids is 1. The van der Waals surface area contributed by atoms with Crippen LogP contribution in [0.25, 0.3) is 0 Å². The Kier molecular flexibility index (Phi) is 3.69. The van der Waals surface area contributed by atoms with Crippen LogP contribution in [0.15, 0.2) is 18.2 Å². The van der Waals surface area contributed by atoms with E-state index in [0.717, 1.165) is 17.7 Å². The van der Waals surface area contributed by atoms with Crippen LogP contribution in [-0.2, 0) is 6.42 Å². The molecule has 0 atom stereocenters. The highest BCUT2D eigenvalue weighted by Gasteiger charge is 2.11. The lowest BCUT2D eigenvalue weighted by Gasteiger charge is -2.11. The van der Waals surface area contributed by atoms with E-state index in [0.29, 0.717) is 12.2 Å². The Morgan fingerprint density at radius 3 is 2.57 bits per heavy atom. The second-order valence-electron chi connectivity index (χ2n) is 3.14. The topological polar surface area (TPSA) is 26.3 Å². The van der Waals surface area contributed by atoms with E-state index >= 15 is 0 Å². The monoisotopic (exact) mass is 192 g/mol. The van der Waals surface area contributed by atoms with E-state index in [2.05, 4.69) is 6.92 Å². The molecular formula is C12H16O2. The third-order valence-electron chi connectivity index (χ3n) is 2.15. The van der Waals surface area contributed by atoms with Crippen molar-refractivity contribution in [2.75, 3.05) is 6.61 Å². The van der Waals surface area contributed by atoms with E-state index in [1.807, 2.05) is 25.1 Å². The maximum atomic E-state index is 11.3. The lowest BCUT2D eigenvalue weighted by atomic mass is 10.0. The summed E-state index contributed by atoms with van der Waals surface area (Å²) < 4.78 is 5.50. The molecule has 0 saturated heterocycles. The molecule has 0 bridgehead atoms. The lowest BCUT2D eigenvalue weighted by Crippen LogP contribution is -2.03. The molecule has 0 heterocycles. The Labute approximate surface area is 84.9 Å². The molecule has 0 aromatic heterocycles. The van der Waals surface area contributed by atoms with E-state index in [9.17, 15) is 4.79 Å². The van der Waals surface area contributed by atoms with Gasteiger partial charge in [0.2, 0.25) is 0 Å². The van der Waals surface area contributed by atoms with Crippen LogP contribution in [0, 0.1) is 0 Å². The number of aryl methyl sites for hydroxylation is 1. The summed E-state index contributed by atoms with van der Waals surface area (Å²) in [5.41, 5.74) is 1.78. The molecule has 76 valence electrons. The van der Waals surface area contributed by atoms with E-state index in [1.54, 1.807) is 6.92 Å². The quantitative estimate of drug-likeness (QED) is 0.686. The molecule has 1 rings (SSSR count). The van der Waals surface area contributed by atoms with Gasteiger partial charge in [0, 0.05) is 0 Å². The molecule has 0 spiro atoms. The first-order valence-electron chi connectivity index (χ1n) is 4.96. The summed E-state index contributed by atoms with van der Waals surface area (Å²) in [6.45, 7) is 6.15. The molecule has 2 nitrogen and oxygen atoms in total. The molecule has 0 radical (unpaired) electrons. The van der Waals surface area contributed by atoms with E-state index in [4.69, 9.17) is 4.74 Å². The SMILES string of the molecule is CCOc1c(CC)cccc1C(C)=O. The number of ether oxygens (including phenoxy) is 1. The summed E-state index contributed by atoms with van der Waals surface area (Å²) in [6.07, 6.45) is 0.885. The van der Waals surface area contributed by atoms with Crippen LogP contribution in [0.5, 0.6) is 5.75 Å². The number of carbonyl (C=O) groups is 1. The highest BCUT2D eigenvalue weighted by molar-refractivity contribution is 5.97. The molecule has 0 fully saturated rings. The van der Waals surface area contributed by atoms with Gasteiger partial charge in [-0.15, -0.1) is 0 Å². The maximum Gasteiger partial charge on any atom is 0.163 e. The number of benzene rings is 1. The van der Waals surface area contributed by atoms with Gasteiger partial charge in [0.1, 0.15) is 5.75 Å². The van der Waals surface area contributed by atoms with Crippen LogP contribution in [0.2, 0.25) is 0 Å². The molecule has 0 aliphatic heterocycles. The number of hydrogen-bond donors (Lipinski definition) is 0. The molecule has 1 aromatic rings. The predicted molar refractivity (Wildman–Crippen MR) is 57.0 cm³/mol. The second-order valence-corrected chi connectivity index (χ2v) is 3.14. The molecule has 0 aliphatic rings. The zero-order valence-corrected chi connectivity index (χ0v) is 8.96. The van der Waals surface area contributed by atoms with E-state index in [-0.39, 0.29) is 5.78 Å². The lowest BCUT2D eigenvalue weighted by molar-refractivity contribution is 0.101. The Morgan fingerprint density at radius 2 is 2.07 bits per heavy atom. The first kappa shape index (κ1) is 10.8. The fourth-order valence-corrected chi connectivity index (χ4v) is 1.46. The van der Waals surface area contributed by atoms with Crippen molar-refractivity contribution in [1.29, 1.82) is 0 Å². The van der Waals surface area contributed by atoms with Crippen molar-refractivity contribution in [3.8, 4) is 5.75 Å². The van der Waals surface area contributed by atoms with Gasteiger partial charge >= 0.3 is 0 Å².